The summed E-state index contributed by atoms with van der Waals surface area (Å²) >= 11 is 0. The van der Waals surface area contributed by atoms with E-state index in [-0.39, 0.29) is 0 Å². The molecular formula is C7H12N2. The highest BCUT2D eigenvalue weighted by molar-refractivity contribution is 4.97. The lowest BCUT2D eigenvalue weighted by molar-refractivity contribution is 0.733. The lowest BCUT2D eigenvalue weighted by Gasteiger charge is -1.87. The van der Waals surface area contributed by atoms with E-state index in [9.17, 15) is 0 Å². The van der Waals surface area contributed by atoms with Crippen LogP contribution in [-0.4, -0.2) is 9.78 Å². The first kappa shape index (κ1) is 6.33. The first-order valence-electron chi connectivity index (χ1n) is 3.31. The van der Waals surface area contributed by atoms with Crippen molar-refractivity contribution in [2.75, 3.05) is 0 Å². The van der Waals surface area contributed by atoms with Crippen molar-refractivity contribution in [2.24, 2.45) is 7.05 Å². The number of aryl methyl sites for hydroxylation is 2. The van der Waals surface area contributed by atoms with Crippen LogP contribution in [0.4, 0.5) is 0 Å². The van der Waals surface area contributed by atoms with Gasteiger partial charge in [-0.25, -0.2) is 0 Å². The Hall–Kier alpha value is -0.790. The molecule has 9 heavy (non-hydrogen) atoms. The zero-order chi connectivity index (χ0) is 6.69. The molecule has 2 nitrogen and oxygen atoms in total. The molecule has 0 N–H and O–H groups in total. The molecule has 0 aliphatic carbocycles. The summed E-state index contributed by atoms with van der Waals surface area (Å²) in [5, 5.41) is 4.22. The Morgan fingerprint density at radius 2 is 2.44 bits per heavy atom. The van der Waals surface area contributed by atoms with E-state index >= 15 is 0 Å². The maximum absolute atomic E-state index is 4.22. The second kappa shape index (κ2) is 2.67. The number of rotatable bonds is 2. The smallest absolute Gasteiger partial charge is 0.0624 e. The van der Waals surface area contributed by atoms with Crippen molar-refractivity contribution in [1.82, 2.24) is 9.78 Å². The molecule has 1 rings (SSSR count). The molecule has 0 atom stereocenters. The van der Waals surface area contributed by atoms with Crippen molar-refractivity contribution in [2.45, 2.75) is 19.8 Å². The van der Waals surface area contributed by atoms with Crippen molar-refractivity contribution < 1.29 is 0 Å². The van der Waals surface area contributed by atoms with Crippen LogP contribution in [0.3, 0.4) is 0 Å². The van der Waals surface area contributed by atoms with E-state index in [1.54, 1.807) is 0 Å². The summed E-state index contributed by atoms with van der Waals surface area (Å²) in [5.74, 6) is 0. The van der Waals surface area contributed by atoms with E-state index in [0.29, 0.717) is 0 Å². The van der Waals surface area contributed by atoms with Crippen molar-refractivity contribution in [1.29, 1.82) is 0 Å². The summed E-state index contributed by atoms with van der Waals surface area (Å²) in [5.41, 5.74) is 1.19. The zero-order valence-corrected chi connectivity index (χ0v) is 5.96. The van der Waals surface area contributed by atoms with Gasteiger partial charge in [0.2, 0.25) is 0 Å². The molecule has 50 valence electrons. The zero-order valence-electron chi connectivity index (χ0n) is 5.96. The van der Waals surface area contributed by atoms with Gasteiger partial charge in [-0.3, -0.25) is 4.68 Å². The molecular weight excluding hydrogens is 112 g/mol. The van der Waals surface area contributed by atoms with Crippen LogP contribution in [0.25, 0.3) is 0 Å². The highest BCUT2D eigenvalue weighted by atomic mass is 15.2. The quantitative estimate of drug-likeness (QED) is 0.582. The standard InChI is InChI=1S/C7H12N2/c1-3-4-7-5-6-9(2)8-7/h5-6H,3-4H2,1-2H3. The van der Waals surface area contributed by atoms with Crippen LogP contribution >= 0.6 is 0 Å². The second-order valence-electron chi connectivity index (χ2n) is 2.23. The largest absolute Gasteiger partial charge is 0.276 e. The topological polar surface area (TPSA) is 17.8 Å². The van der Waals surface area contributed by atoms with Gasteiger partial charge in [-0.1, -0.05) is 13.3 Å². The van der Waals surface area contributed by atoms with Gasteiger partial charge in [0.25, 0.3) is 0 Å². The highest BCUT2D eigenvalue weighted by Gasteiger charge is 1.91. The molecule has 0 radical (unpaired) electrons. The minimum absolute atomic E-state index is 1.10. The molecule has 1 aromatic rings. The molecule has 0 aliphatic rings. The van der Waals surface area contributed by atoms with E-state index in [4.69, 9.17) is 0 Å². The minimum atomic E-state index is 1.10. The third kappa shape index (κ3) is 1.56. The van der Waals surface area contributed by atoms with Gasteiger partial charge < -0.3 is 0 Å². The average molecular weight is 124 g/mol. The van der Waals surface area contributed by atoms with Gasteiger partial charge in [-0.15, -0.1) is 0 Å². The van der Waals surface area contributed by atoms with Crippen molar-refractivity contribution in [3.8, 4) is 0 Å². The van der Waals surface area contributed by atoms with Gasteiger partial charge in [-0.05, 0) is 12.5 Å². The molecule has 0 saturated heterocycles. The van der Waals surface area contributed by atoms with Crippen LogP contribution < -0.4 is 0 Å². The summed E-state index contributed by atoms with van der Waals surface area (Å²) in [6, 6.07) is 2.06. The van der Waals surface area contributed by atoms with Crippen LogP contribution in [0.1, 0.15) is 19.0 Å². The van der Waals surface area contributed by atoms with Gasteiger partial charge >= 0.3 is 0 Å². The normalized spacial score (nSPS) is 10.0. The Labute approximate surface area is 55.5 Å². The molecule has 1 heterocycles. The van der Waals surface area contributed by atoms with Gasteiger partial charge in [0, 0.05) is 13.2 Å². The van der Waals surface area contributed by atoms with Crippen LogP contribution in [-0.2, 0) is 13.5 Å². The monoisotopic (exact) mass is 124 g/mol. The summed E-state index contributed by atoms with van der Waals surface area (Å²) in [6.45, 7) is 2.16. The van der Waals surface area contributed by atoms with E-state index in [1.165, 1.54) is 12.1 Å². The van der Waals surface area contributed by atoms with Crippen molar-refractivity contribution in [3.63, 3.8) is 0 Å². The second-order valence-corrected chi connectivity index (χ2v) is 2.23. The Balaban J connectivity index is 2.61. The molecule has 0 unspecified atom stereocenters. The predicted octanol–water partition coefficient (Wildman–Crippen LogP) is 1.37. The summed E-state index contributed by atoms with van der Waals surface area (Å²) in [7, 11) is 1.94. The molecule has 0 fully saturated rings. The predicted molar refractivity (Wildman–Crippen MR) is 37.2 cm³/mol. The van der Waals surface area contributed by atoms with Gasteiger partial charge in [0.15, 0.2) is 0 Å². The third-order valence-corrected chi connectivity index (χ3v) is 1.27. The molecule has 0 bridgehead atoms. The molecule has 0 spiro atoms. The fourth-order valence-electron chi connectivity index (χ4n) is 0.853. The van der Waals surface area contributed by atoms with Gasteiger partial charge in [0.1, 0.15) is 0 Å². The summed E-state index contributed by atoms with van der Waals surface area (Å²) in [6.07, 6.45) is 4.25. The first-order chi connectivity index (χ1) is 4.33. The fourth-order valence-corrected chi connectivity index (χ4v) is 0.853. The molecule has 0 aliphatic heterocycles. The fraction of sp³-hybridized carbons (Fsp3) is 0.571. The maximum atomic E-state index is 4.22. The minimum Gasteiger partial charge on any atom is -0.276 e. The van der Waals surface area contributed by atoms with E-state index < -0.39 is 0 Å². The summed E-state index contributed by atoms with van der Waals surface area (Å²) < 4.78 is 1.84. The molecule has 1 aromatic heterocycles. The van der Waals surface area contributed by atoms with Gasteiger partial charge in [0.05, 0.1) is 5.69 Å². The SMILES string of the molecule is CCCc1ccn(C)n1. The molecule has 0 aromatic carbocycles. The average Bonchev–Trinajstić information content (AvgIpc) is 2.17. The molecule has 0 saturated carbocycles. The number of nitrogens with zero attached hydrogens (tertiary/aromatic N) is 2. The Morgan fingerprint density at radius 3 is 2.89 bits per heavy atom. The van der Waals surface area contributed by atoms with Crippen LogP contribution in [0.5, 0.6) is 0 Å². The third-order valence-electron chi connectivity index (χ3n) is 1.27. The van der Waals surface area contributed by atoms with Crippen molar-refractivity contribution >= 4 is 0 Å². The van der Waals surface area contributed by atoms with Crippen LogP contribution in [0, 0.1) is 0 Å². The van der Waals surface area contributed by atoms with E-state index in [2.05, 4.69) is 18.1 Å². The highest BCUT2D eigenvalue weighted by Crippen LogP contribution is 1.96. The van der Waals surface area contributed by atoms with E-state index in [0.717, 1.165) is 6.42 Å². The molecule has 0 amide bonds. The van der Waals surface area contributed by atoms with E-state index in [1.807, 2.05) is 17.9 Å². The van der Waals surface area contributed by atoms with Crippen LogP contribution in [0.15, 0.2) is 12.3 Å². The Kier molecular flexibility index (Phi) is 1.88. The van der Waals surface area contributed by atoms with Gasteiger partial charge in [-0.2, -0.15) is 5.10 Å². The molecule has 2 heteroatoms. The first-order valence-corrected chi connectivity index (χ1v) is 3.31. The number of hydrogen-bond acceptors (Lipinski definition) is 1. The summed E-state index contributed by atoms with van der Waals surface area (Å²) in [4.78, 5) is 0. The lowest BCUT2D eigenvalue weighted by atomic mass is 10.3. The maximum Gasteiger partial charge on any atom is 0.0624 e. The van der Waals surface area contributed by atoms with Crippen molar-refractivity contribution in [3.05, 3.63) is 18.0 Å². The Bertz CT molecular complexity index is 179. The Morgan fingerprint density at radius 1 is 1.67 bits per heavy atom. The number of aromatic nitrogens is 2. The number of hydrogen-bond donors (Lipinski definition) is 0. The van der Waals surface area contributed by atoms with Crippen LogP contribution in [0.2, 0.25) is 0 Å². The lowest BCUT2D eigenvalue weighted by Crippen LogP contribution is -1.89.